The molecule has 1 aromatic carbocycles. The molecule has 31 heteroatoms. The highest BCUT2D eigenvalue weighted by Crippen LogP contribution is 2.68. The SMILES string of the molecule is CCC1[C@H](C)C12NC(=O)C1(CC1NC(=O)[C@@H](CC(C)C)N(C)C(=O)[C@@H]1CCCN1C(=O)C1(C)CC1OC(=O)CC(C)(C)CNC(=O)OC1OC(C(=O)O)C(O)C(O)C1O)C1(CC1)OC(=O)[C@H](Cc1ccc(OC)cc1)N(C)C(=O)[C@@H]1CCCN1C(=O)[C@H](CC(C)C)NC(=O)[C@H](C(C)C)OC(=O)C[C@@H]2O. The molecule has 4 aliphatic heterocycles. The molecule has 0 radical (unpaired) electrons. The largest absolute Gasteiger partial charge is 0.497 e. The van der Waals surface area contributed by atoms with E-state index >= 15 is 24.0 Å². The van der Waals surface area contributed by atoms with Crippen LogP contribution in [0, 0.1) is 45.8 Å². The molecule has 104 heavy (non-hydrogen) atoms. The van der Waals surface area contributed by atoms with E-state index in [0.717, 1.165) is 0 Å². The van der Waals surface area contributed by atoms with E-state index in [2.05, 4.69) is 21.3 Å². The highest BCUT2D eigenvalue weighted by molar-refractivity contribution is 5.98. The number of carboxylic acid groups (broad SMARTS) is 1. The van der Waals surface area contributed by atoms with Gasteiger partial charge in [-0.1, -0.05) is 87.8 Å². The Morgan fingerprint density at radius 3 is 2.12 bits per heavy atom. The van der Waals surface area contributed by atoms with Gasteiger partial charge in [-0.3, -0.25) is 43.2 Å². The van der Waals surface area contributed by atoms with Crippen molar-refractivity contribution in [1.29, 1.82) is 0 Å². The number of alkyl carbamates (subject to hydrolysis) is 1. The standard InChI is InChI=1S/C73H108N8O23/c1-15-42-39(8)73(42)49(82)31-51(83)101-56(38(6)7)59(89)75-43(28-36(2)3)60(90)80-26-16-18-44(80)61(91)79(13)47(30-40-20-22-41(99-14)23-21-40)64(95)104-71(24-25-71)72(66(96)77-73)32-48(72)76-58(88)46(29-37(4)5)78(12)62(92)45-19-17-27-81(45)67(97)70(11)33-50(70)100-52(84)34-69(9,10)35-74-68(98)103-65-55(87)53(85)54(86)57(102-65)63(93)94/h20-23,36-39,42-50,53-57,65,82,85-87H,15-19,24-35H2,1-14H3,(H,74,98)(H,75,89)(H,76,88)(H,77,96)(H,93,94)/t39-,42?,43-,44-,45-,46+,47-,48?,49-,50?,53?,54?,55?,56-,57?,65?,70?,72?,73?/m0/s1. The molecule has 4 aliphatic carbocycles. The van der Waals surface area contributed by atoms with Crippen LogP contribution in [-0.2, 0) is 82.8 Å². The number of aliphatic hydroxyl groups excluding tert-OH is 4. The fourth-order valence-corrected chi connectivity index (χ4v) is 16.2. The summed E-state index contributed by atoms with van der Waals surface area (Å²) >= 11 is 0. The van der Waals surface area contributed by atoms with E-state index in [1.165, 1.54) is 40.8 Å². The number of amides is 8. The fourth-order valence-electron chi connectivity index (χ4n) is 16.2. The average Bonchev–Trinajstić information content (AvgIpc) is 1.50. The van der Waals surface area contributed by atoms with Gasteiger partial charge in [-0.15, -0.1) is 0 Å². The zero-order valence-corrected chi connectivity index (χ0v) is 62.2. The van der Waals surface area contributed by atoms with Crippen molar-refractivity contribution in [3.05, 3.63) is 29.8 Å². The number of nitrogens with zero attached hydrogens (tertiary/aromatic N) is 4. The molecule has 19 atom stereocenters. The number of fused-ring (bicyclic) bond motifs is 2. The molecule has 9 N–H and O–H groups in total. The molecule has 4 saturated carbocycles. The van der Waals surface area contributed by atoms with Crippen LogP contribution in [0.3, 0.4) is 0 Å². The molecule has 31 nitrogen and oxygen atoms in total. The van der Waals surface area contributed by atoms with E-state index in [0.29, 0.717) is 30.6 Å². The van der Waals surface area contributed by atoms with Crippen LogP contribution in [0.25, 0.3) is 0 Å². The summed E-state index contributed by atoms with van der Waals surface area (Å²) in [6, 6.07) is -0.0120. The van der Waals surface area contributed by atoms with Gasteiger partial charge in [0.05, 0.1) is 37.0 Å². The van der Waals surface area contributed by atoms with Crippen molar-refractivity contribution in [2.75, 3.05) is 40.8 Å². The number of benzene rings is 1. The summed E-state index contributed by atoms with van der Waals surface area (Å²) in [4.78, 5) is 178. The minimum Gasteiger partial charge on any atom is -0.497 e. The van der Waals surface area contributed by atoms with E-state index in [-0.39, 0.29) is 95.7 Å². The Morgan fingerprint density at radius 1 is 0.865 bits per heavy atom. The number of likely N-dealkylation sites (N-methyl/N-ethyl adjacent to an activating group) is 2. The number of nitrogens with one attached hydrogen (secondary N) is 4. The van der Waals surface area contributed by atoms with Crippen LogP contribution < -0.4 is 26.0 Å². The molecular formula is C73H108N8O23. The number of ether oxygens (including phenoxy) is 6. The third-order valence-electron chi connectivity index (χ3n) is 22.9. The number of hydrogen-bond donors (Lipinski definition) is 9. The van der Waals surface area contributed by atoms with Gasteiger partial charge in [-0.25, -0.2) is 14.4 Å². The van der Waals surface area contributed by atoms with Gasteiger partial charge in [-0.2, -0.15) is 0 Å². The number of carbonyl (C=O) groups is 12. The maximum atomic E-state index is 16.0. The molecule has 9 rings (SSSR count). The van der Waals surface area contributed by atoms with E-state index in [1.807, 2.05) is 41.5 Å². The molecule has 8 amide bonds. The number of carboxylic acids is 1. The Hall–Kier alpha value is -7.74. The number of aliphatic hydroxyl groups is 4. The third kappa shape index (κ3) is 16.4. The van der Waals surface area contributed by atoms with Crippen LogP contribution in [-0.4, -0.2) is 254 Å². The Balaban J connectivity index is 0.946. The topological polar surface area (TPSA) is 422 Å². The van der Waals surface area contributed by atoms with E-state index in [4.69, 9.17) is 28.4 Å². The van der Waals surface area contributed by atoms with Gasteiger partial charge in [0.15, 0.2) is 12.2 Å². The average molecular weight is 1470 g/mol. The summed E-state index contributed by atoms with van der Waals surface area (Å²) in [7, 11) is 4.42. The van der Waals surface area contributed by atoms with Crippen molar-refractivity contribution in [2.24, 2.45) is 45.8 Å². The monoisotopic (exact) mass is 1460 g/mol. The Kier molecular flexibility index (Phi) is 24.2. The zero-order valence-electron chi connectivity index (χ0n) is 62.2. The lowest BCUT2D eigenvalue weighted by Gasteiger charge is -2.38. The second kappa shape index (κ2) is 31.4. The van der Waals surface area contributed by atoms with Gasteiger partial charge < -0.3 is 94.8 Å². The maximum Gasteiger partial charge on any atom is 0.409 e. The number of methoxy groups -OCH3 is 1. The molecule has 1 aromatic rings. The predicted molar refractivity (Wildman–Crippen MR) is 366 cm³/mol. The summed E-state index contributed by atoms with van der Waals surface area (Å²) < 4.78 is 33.9. The van der Waals surface area contributed by atoms with E-state index in [9.17, 15) is 59.1 Å². The zero-order chi connectivity index (χ0) is 76.8. The molecular weight excluding hydrogens is 1360 g/mol. The highest BCUT2D eigenvalue weighted by Gasteiger charge is 2.80. The smallest absolute Gasteiger partial charge is 0.409 e. The molecule has 11 unspecified atom stereocenters. The number of esters is 3. The quantitative estimate of drug-likeness (QED) is 0.0624. The van der Waals surface area contributed by atoms with Crippen molar-refractivity contribution in [2.45, 2.75) is 262 Å². The van der Waals surface area contributed by atoms with Gasteiger partial charge in [0, 0.05) is 52.6 Å². The van der Waals surface area contributed by atoms with Gasteiger partial charge in [0.25, 0.3) is 5.91 Å². The van der Waals surface area contributed by atoms with Crippen LogP contribution in [0.15, 0.2) is 24.3 Å². The summed E-state index contributed by atoms with van der Waals surface area (Å²) in [5.74, 6) is -9.74. The minimum absolute atomic E-state index is 0.0890. The van der Waals surface area contributed by atoms with Crippen molar-refractivity contribution in [1.82, 2.24) is 40.9 Å². The lowest BCUT2D eigenvalue weighted by atomic mass is 9.89. The summed E-state index contributed by atoms with van der Waals surface area (Å²) in [5, 5.41) is 63.6. The number of likely N-dealkylation sites (tertiary alicyclic amines) is 1. The Labute approximate surface area is 606 Å². The van der Waals surface area contributed by atoms with Gasteiger partial charge in [-0.05, 0) is 117 Å². The first-order valence-electron chi connectivity index (χ1n) is 36.6. The normalized spacial score (nSPS) is 34.0. The van der Waals surface area contributed by atoms with Crippen molar-refractivity contribution in [3.63, 3.8) is 0 Å². The van der Waals surface area contributed by atoms with Crippen LogP contribution in [0.5, 0.6) is 5.75 Å². The number of cyclic esters (lactones) is 1. The van der Waals surface area contributed by atoms with Crippen molar-refractivity contribution >= 4 is 71.3 Å². The summed E-state index contributed by atoms with van der Waals surface area (Å²) in [6.45, 7) is 19.4. The van der Waals surface area contributed by atoms with Crippen LogP contribution >= 0.6 is 0 Å². The van der Waals surface area contributed by atoms with Gasteiger partial charge in [0.1, 0.15) is 71.4 Å². The van der Waals surface area contributed by atoms with Crippen LogP contribution in [0.4, 0.5) is 4.79 Å². The summed E-state index contributed by atoms with van der Waals surface area (Å²) in [6.07, 6.45) is -13.9. The van der Waals surface area contributed by atoms with Gasteiger partial charge >= 0.3 is 30.0 Å². The number of carbonyl (C=O) groups excluding carboxylic acids is 11. The molecule has 8 fully saturated rings. The summed E-state index contributed by atoms with van der Waals surface area (Å²) in [5.41, 5.74) is -6.50. The molecule has 3 spiro atoms. The van der Waals surface area contributed by atoms with Crippen LogP contribution in [0.2, 0.25) is 0 Å². The predicted octanol–water partition coefficient (Wildman–Crippen LogP) is 1.62. The first-order chi connectivity index (χ1) is 48.7. The van der Waals surface area contributed by atoms with Crippen molar-refractivity contribution in [3.8, 4) is 5.75 Å². The maximum absolute atomic E-state index is 16.0. The fraction of sp³-hybridized carbons (Fsp3) is 0.753. The number of hydrogen-bond acceptors (Lipinski definition) is 22. The van der Waals surface area contributed by atoms with E-state index < -0.39 is 208 Å². The second-order valence-electron chi connectivity index (χ2n) is 32.3. The number of rotatable bonds is 21. The number of aliphatic carboxylic acids is 1. The minimum atomic E-state index is -2.02. The molecule has 8 aliphatic rings. The molecule has 578 valence electrons. The van der Waals surface area contributed by atoms with Gasteiger partial charge in [0.2, 0.25) is 41.7 Å². The first-order valence-corrected chi connectivity index (χ1v) is 36.6. The molecule has 0 aromatic heterocycles. The van der Waals surface area contributed by atoms with Crippen molar-refractivity contribution < 1.29 is 111 Å². The first kappa shape index (κ1) is 80.4. The molecule has 0 bridgehead atoms. The second-order valence-corrected chi connectivity index (χ2v) is 32.3. The third-order valence-corrected chi connectivity index (χ3v) is 22.9. The molecule has 4 heterocycles. The lowest BCUT2D eigenvalue weighted by molar-refractivity contribution is -0.278. The Morgan fingerprint density at radius 2 is 1.53 bits per heavy atom. The Bertz CT molecular complexity index is 3440. The lowest BCUT2D eigenvalue weighted by Crippen LogP contribution is -2.61. The highest BCUT2D eigenvalue weighted by atomic mass is 16.7. The molecule has 4 saturated heterocycles. The van der Waals surface area contributed by atoms with Crippen LogP contribution in [0.1, 0.15) is 165 Å². The van der Waals surface area contributed by atoms with E-state index in [1.54, 1.807) is 58.9 Å².